The van der Waals surface area contributed by atoms with Crippen LogP contribution in [0.4, 0.5) is 0 Å². The molecule has 0 aliphatic carbocycles. The SMILES string of the molecule is CCNC(=NCc1cnn(Cc2ccccc2)c1)NCCN(C(C)C)C(C)C. The van der Waals surface area contributed by atoms with Gasteiger partial charge in [-0.25, -0.2) is 4.99 Å². The van der Waals surface area contributed by atoms with E-state index in [1.807, 2.05) is 16.9 Å². The molecule has 0 bridgehead atoms. The maximum atomic E-state index is 4.71. The molecule has 0 saturated heterocycles. The Morgan fingerprint density at radius 1 is 1.07 bits per heavy atom. The Kier molecular flexibility index (Phi) is 9.01. The lowest BCUT2D eigenvalue weighted by Gasteiger charge is -2.30. The molecule has 0 aliphatic rings. The van der Waals surface area contributed by atoms with Crippen molar-refractivity contribution >= 4 is 5.96 Å². The zero-order valence-corrected chi connectivity index (χ0v) is 18.0. The van der Waals surface area contributed by atoms with Crippen molar-refractivity contribution in [2.75, 3.05) is 19.6 Å². The van der Waals surface area contributed by atoms with Crippen LogP contribution in [0.5, 0.6) is 0 Å². The third kappa shape index (κ3) is 7.35. The molecule has 0 fully saturated rings. The normalized spacial score (nSPS) is 12.2. The Balaban J connectivity index is 1.88. The van der Waals surface area contributed by atoms with Crippen molar-refractivity contribution in [3.63, 3.8) is 0 Å². The van der Waals surface area contributed by atoms with Gasteiger partial charge in [0.25, 0.3) is 0 Å². The second-order valence-electron chi connectivity index (χ2n) is 7.58. The number of aromatic nitrogens is 2. The van der Waals surface area contributed by atoms with Crippen LogP contribution in [-0.2, 0) is 13.1 Å². The van der Waals surface area contributed by atoms with Crippen LogP contribution in [0, 0.1) is 0 Å². The quantitative estimate of drug-likeness (QED) is 0.488. The van der Waals surface area contributed by atoms with Gasteiger partial charge in [-0.1, -0.05) is 30.3 Å². The maximum absolute atomic E-state index is 4.71. The fraction of sp³-hybridized carbons (Fsp3) is 0.545. The molecule has 6 heteroatoms. The summed E-state index contributed by atoms with van der Waals surface area (Å²) in [6.07, 6.45) is 3.97. The molecule has 0 spiro atoms. The highest BCUT2D eigenvalue weighted by Gasteiger charge is 2.12. The molecule has 1 aromatic heterocycles. The Hall–Kier alpha value is -2.34. The predicted molar refractivity (Wildman–Crippen MR) is 118 cm³/mol. The summed E-state index contributed by atoms with van der Waals surface area (Å²) >= 11 is 0. The van der Waals surface area contributed by atoms with Gasteiger partial charge in [0.05, 0.1) is 19.3 Å². The molecule has 6 nitrogen and oxygen atoms in total. The summed E-state index contributed by atoms with van der Waals surface area (Å²) in [5.74, 6) is 0.853. The van der Waals surface area contributed by atoms with E-state index in [1.165, 1.54) is 5.56 Å². The molecule has 1 aromatic carbocycles. The first-order valence-electron chi connectivity index (χ1n) is 10.3. The van der Waals surface area contributed by atoms with E-state index in [0.717, 1.165) is 37.7 Å². The van der Waals surface area contributed by atoms with Crippen molar-refractivity contribution in [2.45, 2.75) is 59.8 Å². The van der Waals surface area contributed by atoms with Crippen molar-refractivity contribution in [3.05, 3.63) is 53.9 Å². The van der Waals surface area contributed by atoms with Crippen molar-refractivity contribution < 1.29 is 0 Å². The van der Waals surface area contributed by atoms with Gasteiger partial charge in [0.2, 0.25) is 0 Å². The molecule has 0 saturated carbocycles. The van der Waals surface area contributed by atoms with Crippen LogP contribution in [0.2, 0.25) is 0 Å². The van der Waals surface area contributed by atoms with Crippen LogP contribution in [0.3, 0.4) is 0 Å². The summed E-state index contributed by atoms with van der Waals surface area (Å²) in [5.41, 5.74) is 2.36. The number of rotatable bonds is 10. The average molecular weight is 385 g/mol. The van der Waals surface area contributed by atoms with Gasteiger partial charge in [0.15, 0.2) is 5.96 Å². The smallest absolute Gasteiger partial charge is 0.191 e. The highest BCUT2D eigenvalue weighted by atomic mass is 15.3. The van der Waals surface area contributed by atoms with E-state index in [9.17, 15) is 0 Å². The molecular formula is C22H36N6. The third-order valence-electron chi connectivity index (χ3n) is 4.63. The first kappa shape index (κ1) is 22.0. The van der Waals surface area contributed by atoms with Gasteiger partial charge >= 0.3 is 0 Å². The molecule has 2 N–H and O–H groups in total. The molecule has 28 heavy (non-hydrogen) atoms. The fourth-order valence-electron chi connectivity index (χ4n) is 3.27. The van der Waals surface area contributed by atoms with E-state index in [0.29, 0.717) is 18.6 Å². The van der Waals surface area contributed by atoms with E-state index in [1.54, 1.807) is 0 Å². The molecule has 0 atom stereocenters. The summed E-state index contributed by atoms with van der Waals surface area (Å²) in [4.78, 5) is 7.19. The average Bonchev–Trinajstić information content (AvgIpc) is 3.10. The Morgan fingerprint density at radius 3 is 2.43 bits per heavy atom. The highest BCUT2D eigenvalue weighted by Crippen LogP contribution is 2.05. The molecule has 0 aliphatic heterocycles. The molecular weight excluding hydrogens is 348 g/mol. The number of hydrogen-bond acceptors (Lipinski definition) is 3. The minimum Gasteiger partial charge on any atom is -0.357 e. The van der Waals surface area contributed by atoms with Gasteiger partial charge in [0, 0.05) is 43.5 Å². The lowest BCUT2D eigenvalue weighted by atomic mass is 10.2. The topological polar surface area (TPSA) is 57.5 Å². The first-order valence-corrected chi connectivity index (χ1v) is 10.3. The Bertz CT molecular complexity index is 697. The number of guanidine groups is 1. The van der Waals surface area contributed by atoms with Crippen LogP contribution in [-0.4, -0.2) is 52.4 Å². The van der Waals surface area contributed by atoms with Gasteiger partial charge in [-0.05, 0) is 40.2 Å². The molecule has 0 radical (unpaired) electrons. The fourth-order valence-corrected chi connectivity index (χ4v) is 3.27. The standard InChI is InChI=1S/C22H36N6/c1-6-23-22(24-12-13-28(18(2)3)19(4)5)25-14-21-15-26-27(17-21)16-20-10-8-7-9-11-20/h7-11,15,17-19H,6,12-14,16H2,1-5H3,(H2,23,24,25). The summed E-state index contributed by atoms with van der Waals surface area (Å²) in [6.45, 7) is 15.2. The molecule has 1 heterocycles. The minimum absolute atomic E-state index is 0.539. The zero-order chi connectivity index (χ0) is 20.4. The number of aliphatic imine (C=N–C) groups is 1. The van der Waals surface area contributed by atoms with Crippen molar-refractivity contribution in [1.82, 2.24) is 25.3 Å². The third-order valence-corrected chi connectivity index (χ3v) is 4.63. The summed E-state index contributed by atoms with van der Waals surface area (Å²) in [5, 5.41) is 11.2. The first-order chi connectivity index (χ1) is 13.5. The number of nitrogens with one attached hydrogen (secondary N) is 2. The summed E-state index contributed by atoms with van der Waals surface area (Å²) < 4.78 is 1.96. The van der Waals surface area contributed by atoms with Gasteiger partial charge < -0.3 is 10.6 Å². The number of hydrogen-bond donors (Lipinski definition) is 2. The van der Waals surface area contributed by atoms with Crippen LogP contribution in [0.15, 0.2) is 47.7 Å². The molecule has 2 aromatic rings. The predicted octanol–water partition coefficient (Wildman–Crippen LogP) is 3.11. The second kappa shape index (κ2) is 11.5. The van der Waals surface area contributed by atoms with E-state index < -0.39 is 0 Å². The summed E-state index contributed by atoms with van der Waals surface area (Å²) in [7, 11) is 0. The zero-order valence-electron chi connectivity index (χ0n) is 18.0. The number of benzene rings is 1. The van der Waals surface area contributed by atoms with Crippen molar-refractivity contribution in [2.24, 2.45) is 4.99 Å². The van der Waals surface area contributed by atoms with Gasteiger partial charge in [0.1, 0.15) is 0 Å². The number of nitrogens with zero attached hydrogens (tertiary/aromatic N) is 4. The highest BCUT2D eigenvalue weighted by molar-refractivity contribution is 5.79. The Morgan fingerprint density at radius 2 is 1.79 bits per heavy atom. The van der Waals surface area contributed by atoms with Crippen LogP contribution in [0.1, 0.15) is 45.7 Å². The van der Waals surface area contributed by atoms with E-state index in [2.05, 4.69) is 85.7 Å². The minimum atomic E-state index is 0.539. The largest absolute Gasteiger partial charge is 0.357 e. The van der Waals surface area contributed by atoms with E-state index >= 15 is 0 Å². The van der Waals surface area contributed by atoms with Gasteiger partial charge in [-0.2, -0.15) is 5.10 Å². The van der Waals surface area contributed by atoms with E-state index in [4.69, 9.17) is 4.99 Å². The van der Waals surface area contributed by atoms with Gasteiger partial charge in [-0.15, -0.1) is 0 Å². The second-order valence-corrected chi connectivity index (χ2v) is 7.58. The lowest BCUT2D eigenvalue weighted by Crippen LogP contribution is -2.45. The summed E-state index contributed by atoms with van der Waals surface area (Å²) in [6, 6.07) is 11.4. The molecule has 0 unspecified atom stereocenters. The lowest BCUT2D eigenvalue weighted by molar-refractivity contribution is 0.178. The maximum Gasteiger partial charge on any atom is 0.191 e. The molecule has 154 valence electrons. The van der Waals surface area contributed by atoms with Gasteiger partial charge in [-0.3, -0.25) is 9.58 Å². The van der Waals surface area contributed by atoms with Crippen LogP contribution < -0.4 is 10.6 Å². The Labute approximate surface area is 170 Å². The van der Waals surface area contributed by atoms with Crippen LogP contribution in [0.25, 0.3) is 0 Å². The monoisotopic (exact) mass is 384 g/mol. The van der Waals surface area contributed by atoms with E-state index in [-0.39, 0.29) is 0 Å². The van der Waals surface area contributed by atoms with Crippen LogP contribution >= 0.6 is 0 Å². The van der Waals surface area contributed by atoms with Crippen molar-refractivity contribution in [1.29, 1.82) is 0 Å². The molecule has 2 rings (SSSR count). The molecule has 0 amide bonds. The van der Waals surface area contributed by atoms with Crippen molar-refractivity contribution in [3.8, 4) is 0 Å².